The van der Waals surface area contributed by atoms with Gasteiger partial charge in [0.2, 0.25) is 5.91 Å². The number of nitriles is 1. The van der Waals surface area contributed by atoms with E-state index in [0.29, 0.717) is 12.1 Å². The number of hydrogen-bond donors (Lipinski definition) is 1. The standard InChI is InChI=1S/C14H18N4O/c1-9-6-10(2)16-14(13(9)7-15)18-5-4-12(8-18)17-11(3)19/h6,12H,4-5,8H2,1-3H3,(H,17,19). The lowest BCUT2D eigenvalue weighted by Crippen LogP contribution is -2.35. The van der Waals surface area contributed by atoms with Crippen molar-refractivity contribution in [2.24, 2.45) is 0 Å². The third-order valence-electron chi connectivity index (χ3n) is 3.33. The number of pyridine rings is 1. The van der Waals surface area contributed by atoms with Crippen LogP contribution in [0.25, 0.3) is 0 Å². The SMILES string of the molecule is CC(=O)NC1CCN(c2nc(C)cc(C)c2C#N)C1. The van der Waals surface area contributed by atoms with Gasteiger partial charge in [-0.05, 0) is 31.9 Å². The second kappa shape index (κ2) is 5.27. The van der Waals surface area contributed by atoms with Crippen molar-refractivity contribution in [1.82, 2.24) is 10.3 Å². The zero-order valence-electron chi connectivity index (χ0n) is 11.5. The average molecular weight is 258 g/mol. The molecule has 1 aliphatic rings. The van der Waals surface area contributed by atoms with Crippen LogP contribution in [0.3, 0.4) is 0 Å². The Labute approximate surface area is 113 Å². The number of carbonyl (C=O) groups is 1. The van der Waals surface area contributed by atoms with Gasteiger partial charge in [-0.3, -0.25) is 4.79 Å². The first-order valence-corrected chi connectivity index (χ1v) is 6.41. The number of anilines is 1. The maximum absolute atomic E-state index is 11.1. The fraction of sp³-hybridized carbons (Fsp3) is 0.500. The molecule has 0 radical (unpaired) electrons. The normalized spacial score (nSPS) is 18.2. The molecule has 1 unspecified atom stereocenters. The predicted octanol–water partition coefficient (Wildman–Crippen LogP) is 1.28. The van der Waals surface area contributed by atoms with Crippen molar-refractivity contribution in [3.63, 3.8) is 0 Å². The van der Waals surface area contributed by atoms with Gasteiger partial charge in [0.1, 0.15) is 11.9 Å². The predicted molar refractivity (Wildman–Crippen MR) is 72.9 cm³/mol. The van der Waals surface area contributed by atoms with Crippen molar-refractivity contribution in [3.8, 4) is 6.07 Å². The summed E-state index contributed by atoms with van der Waals surface area (Å²) >= 11 is 0. The minimum absolute atomic E-state index is 0.0132. The summed E-state index contributed by atoms with van der Waals surface area (Å²) in [4.78, 5) is 17.7. The monoisotopic (exact) mass is 258 g/mol. The van der Waals surface area contributed by atoms with Crippen LogP contribution in [0, 0.1) is 25.2 Å². The van der Waals surface area contributed by atoms with Crippen molar-refractivity contribution in [2.45, 2.75) is 33.2 Å². The van der Waals surface area contributed by atoms with Gasteiger partial charge >= 0.3 is 0 Å². The number of hydrogen-bond acceptors (Lipinski definition) is 4. The fourth-order valence-electron chi connectivity index (χ4n) is 2.54. The van der Waals surface area contributed by atoms with E-state index in [1.807, 2.05) is 19.9 Å². The summed E-state index contributed by atoms with van der Waals surface area (Å²) in [6, 6.07) is 4.30. The van der Waals surface area contributed by atoms with E-state index in [-0.39, 0.29) is 11.9 Å². The number of aryl methyl sites for hydroxylation is 2. The Balaban J connectivity index is 2.24. The highest BCUT2D eigenvalue weighted by atomic mass is 16.1. The van der Waals surface area contributed by atoms with Crippen molar-refractivity contribution >= 4 is 11.7 Å². The molecule has 5 heteroatoms. The van der Waals surface area contributed by atoms with Gasteiger partial charge in [-0.2, -0.15) is 5.26 Å². The van der Waals surface area contributed by atoms with E-state index in [4.69, 9.17) is 0 Å². The molecule has 0 spiro atoms. The van der Waals surface area contributed by atoms with E-state index in [2.05, 4.69) is 21.3 Å². The Kier molecular flexibility index (Phi) is 3.70. The molecular weight excluding hydrogens is 240 g/mol. The van der Waals surface area contributed by atoms with E-state index in [1.165, 1.54) is 6.92 Å². The molecule has 1 aliphatic heterocycles. The average Bonchev–Trinajstić information content (AvgIpc) is 2.75. The first-order chi connectivity index (χ1) is 9.01. The molecule has 100 valence electrons. The molecule has 0 aromatic carbocycles. The van der Waals surface area contributed by atoms with Crippen molar-refractivity contribution in [3.05, 3.63) is 22.9 Å². The highest BCUT2D eigenvalue weighted by molar-refractivity contribution is 5.73. The molecule has 1 fully saturated rings. The van der Waals surface area contributed by atoms with Gasteiger partial charge in [0.25, 0.3) is 0 Å². The van der Waals surface area contributed by atoms with Crippen molar-refractivity contribution in [1.29, 1.82) is 5.26 Å². The lowest BCUT2D eigenvalue weighted by Gasteiger charge is -2.20. The smallest absolute Gasteiger partial charge is 0.217 e. The van der Waals surface area contributed by atoms with Crippen LogP contribution < -0.4 is 10.2 Å². The molecule has 1 amide bonds. The molecule has 1 atom stereocenters. The van der Waals surface area contributed by atoms with Gasteiger partial charge in [-0.1, -0.05) is 0 Å². The molecule has 0 bridgehead atoms. The topological polar surface area (TPSA) is 69.0 Å². The number of carbonyl (C=O) groups excluding carboxylic acids is 1. The molecule has 1 aromatic rings. The van der Waals surface area contributed by atoms with Crippen LogP contribution in [-0.2, 0) is 4.79 Å². The highest BCUT2D eigenvalue weighted by Crippen LogP contribution is 2.25. The molecule has 19 heavy (non-hydrogen) atoms. The number of nitrogens with zero attached hydrogens (tertiary/aromatic N) is 3. The van der Waals surface area contributed by atoms with E-state index in [9.17, 15) is 10.1 Å². The summed E-state index contributed by atoms with van der Waals surface area (Å²) in [5.41, 5.74) is 2.50. The number of aromatic nitrogens is 1. The fourth-order valence-corrected chi connectivity index (χ4v) is 2.54. The summed E-state index contributed by atoms with van der Waals surface area (Å²) in [6.45, 7) is 6.91. The largest absolute Gasteiger partial charge is 0.353 e. The summed E-state index contributed by atoms with van der Waals surface area (Å²) in [5, 5.41) is 12.2. The van der Waals surface area contributed by atoms with Gasteiger partial charge in [0.15, 0.2) is 0 Å². The summed E-state index contributed by atoms with van der Waals surface area (Å²) in [5.74, 6) is 0.730. The van der Waals surface area contributed by atoms with Gasteiger partial charge in [-0.15, -0.1) is 0 Å². The van der Waals surface area contributed by atoms with Crippen LogP contribution >= 0.6 is 0 Å². The zero-order chi connectivity index (χ0) is 14.0. The third kappa shape index (κ3) is 2.84. The molecule has 5 nitrogen and oxygen atoms in total. The van der Waals surface area contributed by atoms with Gasteiger partial charge in [0.05, 0.1) is 5.56 Å². The lowest BCUT2D eigenvalue weighted by molar-refractivity contribution is -0.119. The van der Waals surface area contributed by atoms with Crippen molar-refractivity contribution in [2.75, 3.05) is 18.0 Å². The molecule has 1 aromatic heterocycles. The third-order valence-corrected chi connectivity index (χ3v) is 3.33. The van der Waals surface area contributed by atoms with Gasteiger partial charge in [0, 0.05) is 31.7 Å². The van der Waals surface area contributed by atoms with E-state index < -0.39 is 0 Å². The Hall–Kier alpha value is -2.09. The van der Waals surface area contributed by atoms with Crippen LogP contribution in [0.5, 0.6) is 0 Å². The summed E-state index contributed by atoms with van der Waals surface area (Å²) in [6.07, 6.45) is 0.888. The molecule has 2 heterocycles. The first kappa shape index (κ1) is 13.3. The number of rotatable bonds is 2. The van der Waals surface area contributed by atoms with Crippen molar-refractivity contribution < 1.29 is 4.79 Å². The minimum Gasteiger partial charge on any atom is -0.353 e. The Morgan fingerprint density at radius 1 is 1.58 bits per heavy atom. The second-order valence-electron chi connectivity index (χ2n) is 5.02. The molecule has 1 saturated heterocycles. The Morgan fingerprint density at radius 2 is 2.32 bits per heavy atom. The zero-order valence-corrected chi connectivity index (χ0v) is 11.5. The van der Waals surface area contributed by atoms with Crippen LogP contribution in [0.4, 0.5) is 5.82 Å². The molecule has 2 rings (SSSR count). The van der Waals surface area contributed by atoms with Gasteiger partial charge in [-0.25, -0.2) is 4.98 Å². The summed E-state index contributed by atoms with van der Waals surface area (Å²) in [7, 11) is 0. The second-order valence-corrected chi connectivity index (χ2v) is 5.02. The lowest BCUT2D eigenvalue weighted by atomic mass is 10.1. The Bertz CT molecular complexity index is 547. The number of nitrogens with one attached hydrogen (secondary N) is 1. The van der Waals surface area contributed by atoms with Crippen LogP contribution in [0.15, 0.2) is 6.07 Å². The van der Waals surface area contributed by atoms with Gasteiger partial charge < -0.3 is 10.2 Å². The van der Waals surface area contributed by atoms with E-state index >= 15 is 0 Å². The van der Waals surface area contributed by atoms with Crippen LogP contribution in [0.1, 0.15) is 30.2 Å². The van der Waals surface area contributed by atoms with Crippen LogP contribution in [-0.4, -0.2) is 30.0 Å². The maximum Gasteiger partial charge on any atom is 0.217 e. The quantitative estimate of drug-likeness (QED) is 0.867. The molecule has 0 saturated carbocycles. The first-order valence-electron chi connectivity index (χ1n) is 6.41. The minimum atomic E-state index is -0.0132. The molecule has 1 N–H and O–H groups in total. The molecular formula is C14H18N4O. The van der Waals surface area contributed by atoms with Crippen LogP contribution in [0.2, 0.25) is 0 Å². The highest BCUT2D eigenvalue weighted by Gasteiger charge is 2.26. The summed E-state index contributed by atoms with van der Waals surface area (Å²) < 4.78 is 0. The van der Waals surface area contributed by atoms with E-state index in [0.717, 1.165) is 30.0 Å². The molecule has 0 aliphatic carbocycles. The number of amides is 1. The Morgan fingerprint density at radius 3 is 2.95 bits per heavy atom. The van der Waals surface area contributed by atoms with E-state index in [1.54, 1.807) is 0 Å². The maximum atomic E-state index is 11.1.